The first-order valence-electron chi connectivity index (χ1n) is 8.04. The summed E-state index contributed by atoms with van der Waals surface area (Å²) in [5.41, 5.74) is 2.67. The monoisotopic (exact) mass is 366 g/mol. The average molecular weight is 366 g/mol. The standard InChI is InChI=1S/C17H17F3N4S/c1-11-10-12-15(23-6-8-24(9-7-23)17(18,19)20)21-13-4-2-3-5-14(13)22-16(12)25-11/h2-5,10,22H,6-9H2,1H3. The van der Waals surface area contributed by atoms with E-state index in [1.54, 1.807) is 11.3 Å². The summed E-state index contributed by atoms with van der Waals surface area (Å²) in [5.74, 6) is 0.749. The maximum absolute atomic E-state index is 12.9. The number of alkyl halides is 3. The van der Waals surface area contributed by atoms with Crippen molar-refractivity contribution in [2.75, 3.05) is 31.5 Å². The number of aliphatic imine (C=N–C) groups is 1. The third-order valence-corrected chi connectivity index (χ3v) is 5.38. The fourth-order valence-corrected chi connectivity index (χ4v) is 4.08. The van der Waals surface area contributed by atoms with Crippen LogP contribution in [0.15, 0.2) is 35.3 Å². The molecule has 0 aliphatic carbocycles. The van der Waals surface area contributed by atoms with Gasteiger partial charge in [0.25, 0.3) is 0 Å². The first-order chi connectivity index (χ1) is 11.9. The van der Waals surface area contributed by atoms with Crippen LogP contribution in [0.25, 0.3) is 0 Å². The lowest BCUT2D eigenvalue weighted by molar-refractivity contribution is -0.250. The molecule has 2 aromatic rings. The van der Waals surface area contributed by atoms with Crippen LogP contribution in [-0.2, 0) is 0 Å². The van der Waals surface area contributed by atoms with Gasteiger partial charge in [0.05, 0.1) is 16.9 Å². The van der Waals surface area contributed by atoms with Crippen LogP contribution in [0.1, 0.15) is 10.4 Å². The minimum atomic E-state index is -4.27. The molecule has 4 rings (SSSR count). The number of fused-ring (bicyclic) bond motifs is 2. The van der Waals surface area contributed by atoms with E-state index < -0.39 is 6.30 Å². The van der Waals surface area contributed by atoms with Gasteiger partial charge in [-0.2, -0.15) is 13.2 Å². The Bertz CT molecular complexity index is 820. The molecule has 1 aromatic heterocycles. The second-order valence-electron chi connectivity index (χ2n) is 6.12. The molecule has 25 heavy (non-hydrogen) atoms. The zero-order valence-corrected chi connectivity index (χ0v) is 14.4. The number of hydrogen-bond donors (Lipinski definition) is 1. The fourth-order valence-electron chi connectivity index (χ4n) is 3.16. The van der Waals surface area contributed by atoms with Crippen LogP contribution in [0.4, 0.5) is 29.5 Å². The normalized spacial score (nSPS) is 18.1. The molecule has 2 aliphatic rings. The molecular weight excluding hydrogens is 349 g/mol. The van der Waals surface area contributed by atoms with Crippen LogP contribution in [0.2, 0.25) is 0 Å². The average Bonchev–Trinajstić information content (AvgIpc) is 2.86. The molecule has 0 bridgehead atoms. The Kier molecular flexibility index (Phi) is 3.96. The van der Waals surface area contributed by atoms with Gasteiger partial charge >= 0.3 is 6.30 Å². The van der Waals surface area contributed by atoms with E-state index in [1.165, 1.54) is 0 Å². The van der Waals surface area contributed by atoms with Crippen molar-refractivity contribution in [3.05, 3.63) is 40.8 Å². The summed E-state index contributed by atoms with van der Waals surface area (Å²) < 4.78 is 38.7. The second kappa shape index (κ2) is 6.03. The van der Waals surface area contributed by atoms with Gasteiger partial charge in [0.15, 0.2) is 0 Å². The number of anilines is 2. The molecule has 0 saturated carbocycles. The largest absolute Gasteiger partial charge is 0.460 e. The van der Waals surface area contributed by atoms with Gasteiger partial charge in [0, 0.05) is 31.1 Å². The number of benzene rings is 1. The summed E-state index contributed by atoms with van der Waals surface area (Å²) in [7, 11) is 0. The lowest BCUT2D eigenvalue weighted by Gasteiger charge is -2.36. The van der Waals surface area contributed by atoms with Crippen molar-refractivity contribution in [1.82, 2.24) is 9.80 Å². The highest BCUT2D eigenvalue weighted by Crippen LogP contribution is 2.39. The van der Waals surface area contributed by atoms with Crippen LogP contribution in [0.3, 0.4) is 0 Å². The summed E-state index contributed by atoms with van der Waals surface area (Å²) in [4.78, 5) is 8.45. The molecule has 4 nitrogen and oxygen atoms in total. The molecule has 132 valence electrons. The molecule has 1 N–H and O–H groups in total. The highest BCUT2D eigenvalue weighted by Gasteiger charge is 2.39. The molecule has 0 spiro atoms. The molecule has 1 fully saturated rings. The minimum Gasteiger partial charge on any atom is -0.353 e. The molecule has 8 heteroatoms. The molecule has 3 heterocycles. The molecule has 2 aliphatic heterocycles. The van der Waals surface area contributed by atoms with Crippen LogP contribution in [0, 0.1) is 6.92 Å². The zero-order valence-electron chi connectivity index (χ0n) is 13.6. The number of thiophene rings is 1. The van der Waals surface area contributed by atoms with Crippen molar-refractivity contribution in [2.24, 2.45) is 4.99 Å². The van der Waals surface area contributed by atoms with Crippen molar-refractivity contribution >= 4 is 33.5 Å². The predicted octanol–water partition coefficient (Wildman–Crippen LogP) is 4.33. The Morgan fingerprint density at radius 1 is 1.12 bits per heavy atom. The Labute approximate surface area is 147 Å². The van der Waals surface area contributed by atoms with Gasteiger partial charge in [0.2, 0.25) is 0 Å². The van der Waals surface area contributed by atoms with Crippen molar-refractivity contribution in [3.8, 4) is 0 Å². The van der Waals surface area contributed by atoms with Gasteiger partial charge in [-0.3, -0.25) is 0 Å². The number of amidine groups is 1. The number of piperazine rings is 1. The van der Waals surface area contributed by atoms with Crippen LogP contribution >= 0.6 is 11.3 Å². The van der Waals surface area contributed by atoms with E-state index in [9.17, 15) is 13.2 Å². The Balaban J connectivity index is 1.69. The molecule has 0 unspecified atom stereocenters. The quantitative estimate of drug-likeness (QED) is 0.704. The maximum Gasteiger partial charge on any atom is 0.460 e. The first kappa shape index (κ1) is 16.4. The molecule has 1 saturated heterocycles. The third-order valence-electron chi connectivity index (χ3n) is 4.41. The fraction of sp³-hybridized carbons (Fsp3) is 0.353. The number of aryl methyl sites for hydroxylation is 1. The van der Waals surface area contributed by atoms with Crippen LogP contribution in [0.5, 0.6) is 0 Å². The van der Waals surface area contributed by atoms with Crippen molar-refractivity contribution in [1.29, 1.82) is 0 Å². The predicted molar refractivity (Wildman–Crippen MR) is 94.2 cm³/mol. The van der Waals surface area contributed by atoms with Gasteiger partial charge in [-0.25, -0.2) is 9.89 Å². The molecule has 0 radical (unpaired) electrons. The van der Waals surface area contributed by atoms with E-state index in [-0.39, 0.29) is 13.1 Å². The van der Waals surface area contributed by atoms with Gasteiger partial charge in [-0.15, -0.1) is 11.3 Å². The lowest BCUT2D eigenvalue weighted by atomic mass is 10.2. The highest BCUT2D eigenvalue weighted by atomic mass is 32.1. The second-order valence-corrected chi connectivity index (χ2v) is 7.38. The molecule has 0 amide bonds. The third kappa shape index (κ3) is 3.11. The highest BCUT2D eigenvalue weighted by molar-refractivity contribution is 7.16. The maximum atomic E-state index is 12.9. The van der Waals surface area contributed by atoms with E-state index in [1.807, 2.05) is 42.2 Å². The number of para-hydroxylation sites is 2. The minimum absolute atomic E-state index is 0.0456. The summed E-state index contributed by atoms with van der Waals surface area (Å²) in [5, 5.41) is 4.40. The summed E-state index contributed by atoms with van der Waals surface area (Å²) >= 11 is 1.63. The van der Waals surface area contributed by atoms with E-state index in [4.69, 9.17) is 4.99 Å². The van der Waals surface area contributed by atoms with Gasteiger partial charge in [0.1, 0.15) is 10.8 Å². The number of nitrogens with zero attached hydrogens (tertiary/aromatic N) is 3. The smallest absolute Gasteiger partial charge is 0.353 e. The van der Waals surface area contributed by atoms with Crippen LogP contribution in [-0.4, -0.2) is 48.1 Å². The van der Waals surface area contributed by atoms with E-state index in [0.29, 0.717) is 18.0 Å². The summed E-state index contributed by atoms with van der Waals surface area (Å²) in [6.07, 6.45) is -4.27. The molecular formula is C17H17F3N4S. The molecule has 1 aromatic carbocycles. The Morgan fingerprint density at radius 3 is 2.56 bits per heavy atom. The van der Waals surface area contributed by atoms with Gasteiger partial charge in [-0.1, -0.05) is 12.1 Å². The molecule has 0 atom stereocenters. The van der Waals surface area contributed by atoms with Crippen molar-refractivity contribution in [3.63, 3.8) is 0 Å². The van der Waals surface area contributed by atoms with Crippen molar-refractivity contribution < 1.29 is 13.2 Å². The Hall–Kier alpha value is -2.06. The number of hydrogen-bond acceptors (Lipinski definition) is 5. The lowest BCUT2D eigenvalue weighted by Crippen LogP contribution is -2.53. The number of nitrogens with one attached hydrogen (secondary N) is 1. The SMILES string of the molecule is Cc1cc2c(s1)Nc1ccccc1N=C2N1CCN(C(F)(F)F)CC1. The van der Waals surface area contributed by atoms with E-state index in [0.717, 1.165) is 32.7 Å². The summed E-state index contributed by atoms with van der Waals surface area (Å²) in [6, 6.07) is 9.77. The van der Waals surface area contributed by atoms with Gasteiger partial charge in [-0.05, 0) is 25.1 Å². The first-order valence-corrected chi connectivity index (χ1v) is 8.86. The number of halogens is 3. The zero-order chi connectivity index (χ0) is 17.6. The number of rotatable bonds is 0. The topological polar surface area (TPSA) is 30.9 Å². The van der Waals surface area contributed by atoms with Crippen molar-refractivity contribution in [2.45, 2.75) is 13.2 Å². The Morgan fingerprint density at radius 2 is 1.84 bits per heavy atom. The van der Waals surface area contributed by atoms with Crippen LogP contribution < -0.4 is 5.32 Å². The summed E-state index contributed by atoms with van der Waals surface area (Å²) in [6.45, 7) is 2.53. The van der Waals surface area contributed by atoms with Gasteiger partial charge < -0.3 is 10.2 Å². The van der Waals surface area contributed by atoms with E-state index in [2.05, 4.69) is 5.32 Å². The van der Waals surface area contributed by atoms with E-state index >= 15 is 0 Å².